The van der Waals surface area contributed by atoms with E-state index in [9.17, 15) is 5.11 Å². The molecule has 0 heterocycles. The maximum absolute atomic E-state index is 9.45. The molecule has 0 amide bonds. The van der Waals surface area contributed by atoms with Crippen molar-refractivity contribution < 1.29 is 5.11 Å². The van der Waals surface area contributed by atoms with Gasteiger partial charge >= 0.3 is 0 Å². The zero-order valence-corrected chi connectivity index (χ0v) is 6.85. The van der Waals surface area contributed by atoms with E-state index in [1.807, 2.05) is 13.8 Å². The molecule has 2 N–H and O–H groups in total. The Morgan fingerprint density at radius 3 is 2.70 bits per heavy atom. The first-order valence-electron chi connectivity index (χ1n) is 3.66. The van der Waals surface area contributed by atoms with E-state index in [0.717, 1.165) is 13.0 Å². The van der Waals surface area contributed by atoms with Crippen molar-refractivity contribution in [1.82, 2.24) is 5.32 Å². The summed E-state index contributed by atoms with van der Waals surface area (Å²) in [6.07, 6.45) is 2.56. The second-order valence-electron chi connectivity index (χ2n) is 2.77. The van der Waals surface area contributed by atoms with Crippen molar-refractivity contribution >= 4 is 0 Å². The molecule has 0 fully saturated rings. The molecule has 0 spiro atoms. The lowest BCUT2D eigenvalue weighted by Gasteiger charge is -2.20. The van der Waals surface area contributed by atoms with E-state index < -0.39 is 5.60 Å². The van der Waals surface area contributed by atoms with Gasteiger partial charge in [0.05, 0.1) is 5.60 Å². The first-order chi connectivity index (χ1) is 4.62. The minimum atomic E-state index is -0.566. The predicted octanol–water partition coefficient (Wildman–Crippen LogP) is 0.923. The standard InChI is InChI=1S/C8H17NO/c1-4-6-9-7-8(3,10)5-2/h4,9-10H,1,5-7H2,2-3H3. The highest BCUT2D eigenvalue weighted by molar-refractivity contribution is 4.77. The fraction of sp³-hybridized carbons (Fsp3) is 0.750. The van der Waals surface area contributed by atoms with Crippen LogP contribution < -0.4 is 5.32 Å². The van der Waals surface area contributed by atoms with E-state index in [1.165, 1.54) is 0 Å². The highest BCUT2D eigenvalue weighted by Gasteiger charge is 2.15. The zero-order chi connectivity index (χ0) is 8.04. The van der Waals surface area contributed by atoms with Crippen molar-refractivity contribution in [1.29, 1.82) is 0 Å². The quantitative estimate of drug-likeness (QED) is 0.443. The van der Waals surface area contributed by atoms with Gasteiger partial charge in [0.2, 0.25) is 0 Å². The molecule has 10 heavy (non-hydrogen) atoms. The Morgan fingerprint density at radius 1 is 1.70 bits per heavy atom. The molecule has 0 rings (SSSR count). The molecule has 0 saturated carbocycles. The van der Waals surface area contributed by atoms with Crippen LogP contribution in [-0.2, 0) is 0 Å². The summed E-state index contributed by atoms with van der Waals surface area (Å²) in [6, 6.07) is 0. The second kappa shape index (κ2) is 4.47. The summed E-state index contributed by atoms with van der Waals surface area (Å²) in [5.41, 5.74) is -0.566. The van der Waals surface area contributed by atoms with Crippen LogP contribution in [0.3, 0.4) is 0 Å². The van der Waals surface area contributed by atoms with Crippen molar-refractivity contribution in [3.05, 3.63) is 12.7 Å². The average Bonchev–Trinajstić information content (AvgIpc) is 1.89. The SMILES string of the molecule is C=CCNCC(C)(O)CC. The summed E-state index contributed by atoms with van der Waals surface area (Å²) >= 11 is 0. The van der Waals surface area contributed by atoms with Crippen molar-refractivity contribution in [2.75, 3.05) is 13.1 Å². The van der Waals surface area contributed by atoms with E-state index in [1.54, 1.807) is 6.08 Å². The summed E-state index contributed by atoms with van der Waals surface area (Å²) in [5, 5.41) is 12.5. The fourth-order valence-electron chi connectivity index (χ4n) is 0.569. The van der Waals surface area contributed by atoms with Gasteiger partial charge in [0.25, 0.3) is 0 Å². The molecule has 1 atom stereocenters. The van der Waals surface area contributed by atoms with Gasteiger partial charge in [-0.3, -0.25) is 0 Å². The molecule has 0 aliphatic rings. The number of rotatable bonds is 5. The average molecular weight is 143 g/mol. The van der Waals surface area contributed by atoms with Crippen LogP contribution in [-0.4, -0.2) is 23.8 Å². The normalized spacial score (nSPS) is 16.3. The number of hydrogen-bond acceptors (Lipinski definition) is 2. The molecule has 1 unspecified atom stereocenters. The number of aliphatic hydroxyl groups is 1. The van der Waals surface area contributed by atoms with Crippen LogP contribution in [0, 0.1) is 0 Å². The lowest BCUT2D eigenvalue weighted by molar-refractivity contribution is 0.0569. The van der Waals surface area contributed by atoms with E-state index in [0.29, 0.717) is 6.54 Å². The third kappa shape index (κ3) is 4.53. The van der Waals surface area contributed by atoms with Crippen molar-refractivity contribution in [3.63, 3.8) is 0 Å². The first kappa shape index (κ1) is 9.66. The minimum Gasteiger partial charge on any atom is -0.389 e. The van der Waals surface area contributed by atoms with Gasteiger partial charge in [0.15, 0.2) is 0 Å². The molecule has 0 bridgehead atoms. The van der Waals surface area contributed by atoms with Crippen molar-refractivity contribution in [3.8, 4) is 0 Å². The molecule has 0 aromatic carbocycles. The summed E-state index contributed by atoms with van der Waals surface area (Å²) in [4.78, 5) is 0. The van der Waals surface area contributed by atoms with Gasteiger partial charge < -0.3 is 10.4 Å². The first-order valence-corrected chi connectivity index (χ1v) is 3.66. The number of hydrogen-bond donors (Lipinski definition) is 2. The smallest absolute Gasteiger partial charge is 0.0741 e. The van der Waals surface area contributed by atoms with Crippen molar-refractivity contribution in [2.45, 2.75) is 25.9 Å². The second-order valence-corrected chi connectivity index (χ2v) is 2.77. The Balaban J connectivity index is 3.36. The van der Waals surface area contributed by atoms with Crippen LogP contribution in [0.4, 0.5) is 0 Å². The van der Waals surface area contributed by atoms with Crippen LogP contribution in [0.1, 0.15) is 20.3 Å². The van der Waals surface area contributed by atoms with Gasteiger partial charge in [-0.1, -0.05) is 13.0 Å². The third-order valence-corrected chi connectivity index (χ3v) is 1.56. The molecule has 0 aliphatic carbocycles. The molecule has 2 nitrogen and oxygen atoms in total. The van der Waals surface area contributed by atoms with Crippen LogP contribution in [0.2, 0.25) is 0 Å². The Kier molecular flexibility index (Phi) is 4.32. The van der Waals surface area contributed by atoms with E-state index >= 15 is 0 Å². The minimum absolute atomic E-state index is 0.566. The molecule has 0 aliphatic heterocycles. The highest BCUT2D eigenvalue weighted by atomic mass is 16.3. The van der Waals surface area contributed by atoms with Crippen LogP contribution in [0.5, 0.6) is 0 Å². The predicted molar refractivity (Wildman–Crippen MR) is 44.0 cm³/mol. The Hall–Kier alpha value is -0.340. The summed E-state index contributed by atoms with van der Waals surface area (Å²) in [7, 11) is 0. The molecular weight excluding hydrogens is 126 g/mol. The highest BCUT2D eigenvalue weighted by Crippen LogP contribution is 2.05. The van der Waals surface area contributed by atoms with Crippen molar-refractivity contribution in [2.24, 2.45) is 0 Å². The summed E-state index contributed by atoms with van der Waals surface area (Å²) in [6.45, 7) is 8.75. The molecule has 0 radical (unpaired) electrons. The van der Waals surface area contributed by atoms with Crippen LogP contribution in [0.15, 0.2) is 12.7 Å². The third-order valence-electron chi connectivity index (χ3n) is 1.56. The maximum Gasteiger partial charge on any atom is 0.0741 e. The molecular formula is C8H17NO. The van der Waals surface area contributed by atoms with Gasteiger partial charge in [0, 0.05) is 13.1 Å². The van der Waals surface area contributed by atoms with E-state index in [-0.39, 0.29) is 0 Å². The molecule has 0 aromatic rings. The fourth-order valence-corrected chi connectivity index (χ4v) is 0.569. The van der Waals surface area contributed by atoms with Crippen LogP contribution >= 0.6 is 0 Å². The maximum atomic E-state index is 9.45. The Morgan fingerprint density at radius 2 is 2.30 bits per heavy atom. The zero-order valence-electron chi connectivity index (χ0n) is 6.85. The van der Waals surface area contributed by atoms with Gasteiger partial charge in [-0.2, -0.15) is 0 Å². The summed E-state index contributed by atoms with van der Waals surface area (Å²) < 4.78 is 0. The molecule has 0 saturated heterocycles. The van der Waals surface area contributed by atoms with E-state index in [2.05, 4.69) is 11.9 Å². The number of nitrogens with one attached hydrogen (secondary N) is 1. The van der Waals surface area contributed by atoms with Crippen LogP contribution in [0.25, 0.3) is 0 Å². The van der Waals surface area contributed by atoms with E-state index in [4.69, 9.17) is 0 Å². The summed E-state index contributed by atoms with van der Waals surface area (Å²) in [5.74, 6) is 0. The largest absolute Gasteiger partial charge is 0.389 e. The van der Waals surface area contributed by atoms with Gasteiger partial charge in [-0.15, -0.1) is 6.58 Å². The lowest BCUT2D eigenvalue weighted by atomic mass is 10.0. The molecule has 60 valence electrons. The Bertz CT molecular complexity index is 99.4. The lowest BCUT2D eigenvalue weighted by Crippen LogP contribution is -2.37. The monoisotopic (exact) mass is 143 g/mol. The van der Waals surface area contributed by atoms with Gasteiger partial charge in [-0.25, -0.2) is 0 Å². The van der Waals surface area contributed by atoms with Gasteiger partial charge in [-0.05, 0) is 13.3 Å². The van der Waals surface area contributed by atoms with Gasteiger partial charge in [0.1, 0.15) is 0 Å². The molecule has 2 heteroatoms. The Labute approximate surface area is 62.9 Å². The molecule has 0 aromatic heterocycles. The topological polar surface area (TPSA) is 32.3 Å².